The van der Waals surface area contributed by atoms with E-state index < -0.39 is 0 Å². The third kappa shape index (κ3) is 6.12. The number of alkyl halides is 1. The van der Waals surface area contributed by atoms with E-state index in [1.54, 1.807) is 12.3 Å². The van der Waals surface area contributed by atoms with Crippen LogP contribution in [0.3, 0.4) is 0 Å². The molecule has 0 spiro atoms. The van der Waals surface area contributed by atoms with Gasteiger partial charge in [0.25, 0.3) is 0 Å². The monoisotopic (exact) mass is 179 g/mol. The summed E-state index contributed by atoms with van der Waals surface area (Å²) in [5.41, 5.74) is 0. The molecular formula is C7H11Cl2N. The van der Waals surface area contributed by atoms with E-state index in [0.717, 1.165) is 0 Å². The highest BCUT2D eigenvalue weighted by molar-refractivity contribution is 6.39. The Hall–Kier alpha value is -0.0100. The van der Waals surface area contributed by atoms with Crippen molar-refractivity contribution in [3.63, 3.8) is 0 Å². The molecule has 3 heteroatoms. The molecule has 0 bridgehead atoms. The molecule has 58 valence electrons. The van der Waals surface area contributed by atoms with Gasteiger partial charge in [-0.15, -0.1) is 11.6 Å². The van der Waals surface area contributed by atoms with Gasteiger partial charge >= 0.3 is 0 Å². The SMILES string of the molecule is CC(C)N=C/C(Cl)=C/CCl. The molecule has 0 aromatic heterocycles. The number of rotatable bonds is 3. The van der Waals surface area contributed by atoms with Gasteiger partial charge in [-0.05, 0) is 19.9 Å². The number of allylic oxidation sites excluding steroid dienone is 2. The summed E-state index contributed by atoms with van der Waals surface area (Å²) in [6, 6.07) is 0.289. The average molecular weight is 180 g/mol. The number of hydrogen-bond donors (Lipinski definition) is 0. The van der Waals surface area contributed by atoms with Crippen molar-refractivity contribution < 1.29 is 0 Å². The van der Waals surface area contributed by atoms with Gasteiger partial charge in [0.2, 0.25) is 0 Å². The minimum atomic E-state index is 0.289. The summed E-state index contributed by atoms with van der Waals surface area (Å²) in [5.74, 6) is 0.433. The lowest BCUT2D eigenvalue weighted by atomic mass is 10.4. The zero-order chi connectivity index (χ0) is 7.98. The molecule has 0 rings (SSSR count). The van der Waals surface area contributed by atoms with Crippen molar-refractivity contribution in [1.29, 1.82) is 0 Å². The maximum Gasteiger partial charge on any atom is 0.0556 e. The molecule has 0 aliphatic rings. The number of halogens is 2. The second-order valence-corrected chi connectivity index (χ2v) is 2.86. The van der Waals surface area contributed by atoms with Crippen molar-refractivity contribution in [2.24, 2.45) is 4.99 Å². The van der Waals surface area contributed by atoms with Crippen LogP contribution in [0, 0.1) is 0 Å². The van der Waals surface area contributed by atoms with Gasteiger partial charge in [0.05, 0.1) is 5.03 Å². The maximum atomic E-state index is 5.65. The number of hydrogen-bond acceptors (Lipinski definition) is 1. The molecule has 1 nitrogen and oxygen atoms in total. The molecule has 0 amide bonds. The molecule has 0 saturated carbocycles. The van der Waals surface area contributed by atoms with Crippen LogP contribution in [0.5, 0.6) is 0 Å². The van der Waals surface area contributed by atoms with Crippen LogP contribution in [0.2, 0.25) is 0 Å². The molecule has 0 aromatic carbocycles. The van der Waals surface area contributed by atoms with Crippen molar-refractivity contribution >= 4 is 29.4 Å². The predicted octanol–water partition coefficient (Wildman–Crippen LogP) is 2.83. The first kappa shape index (κ1) is 9.99. The van der Waals surface area contributed by atoms with Gasteiger partial charge in [0.15, 0.2) is 0 Å². The van der Waals surface area contributed by atoms with Crippen molar-refractivity contribution in [3.05, 3.63) is 11.1 Å². The molecule has 0 fully saturated rings. The van der Waals surface area contributed by atoms with Crippen LogP contribution < -0.4 is 0 Å². The molecule has 0 aromatic rings. The molecule has 0 atom stereocenters. The highest BCUT2D eigenvalue weighted by Crippen LogP contribution is 1.98. The summed E-state index contributed by atoms with van der Waals surface area (Å²) in [6.07, 6.45) is 3.32. The Morgan fingerprint density at radius 1 is 1.60 bits per heavy atom. The Kier molecular flexibility index (Phi) is 5.74. The number of nitrogens with zero attached hydrogens (tertiary/aromatic N) is 1. The zero-order valence-electron chi connectivity index (χ0n) is 6.14. The largest absolute Gasteiger partial charge is 0.289 e. The summed E-state index contributed by atoms with van der Waals surface area (Å²) >= 11 is 11.0. The van der Waals surface area contributed by atoms with E-state index >= 15 is 0 Å². The summed E-state index contributed by atoms with van der Waals surface area (Å²) in [7, 11) is 0. The van der Waals surface area contributed by atoms with E-state index in [-0.39, 0.29) is 6.04 Å². The molecule has 0 radical (unpaired) electrons. The molecular weight excluding hydrogens is 169 g/mol. The number of aliphatic imine (C=N–C) groups is 1. The fourth-order valence-corrected chi connectivity index (χ4v) is 0.725. The Morgan fingerprint density at radius 3 is 2.60 bits per heavy atom. The van der Waals surface area contributed by atoms with E-state index in [2.05, 4.69) is 4.99 Å². The van der Waals surface area contributed by atoms with Gasteiger partial charge in [-0.3, -0.25) is 4.99 Å². The maximum absolute atomic E-state index is 5.65. The van der Waals surface area contributed by atoms with Crippen LogP contribution in [-0.4, -0.2) is 18.1 Å². The standard InChI is InChI=1S/C7H11Cl2N/c1-6(2)10-5-7(9)3-4-8/h3,5-6H,4H2,1-2H3/b7-3-,10-5?. The third-order valence-electron chi connectivity index (χ3n) is 0.768. The first-order valence-electron chi connectivity index (χ1n) is 3.11. The molecule has 0 heterocycles. The molecule has 0 aliphatic carbocycles. The summed E-state index contributed by atoms with van der Waals surface area (Å²) in [4.78, 5) is 4.06. The lowest BCUT2D eigenvalue weighted by Crippen LogP contribution is -1.88. The quantitative estimate of drug-likeness (QED) is 0.467. The van der Waals surface area contributed by atoms with Crippen LogP contribution in [0.4, 0.5) is 0 Å². The van der Waals surface area contributed by atoms with Crippen molar-refractivity contribution in [3.8, 4) is 0 Å². The highest BCUT2D eigenvalue weighted by atomic mass is 35.5. The summed E-state index contributed by atoms with van der Waals surface area (Å²) < 4.78 is 0. The highest BCUT2D eigenvalue weighted by Gasteiger charge is 1.86. The Balaban J connectivity index is 3.77. The molecule has 0 unspecified atom stereocenters. The smallest absolute Gasteiger partial charge is 0.0556 e. The van der Waals surface area contributed by atoms with E-state index in [1.165, 1.54) is 0 Å². The second-order valence-electron chi connectivity index (χ2n) is 2.12. The topological polar surface area (TPSA) is 12.4 Å². The fraction of sp³-hybridized carbons (Fsp3) is 0.571. The molecule has 0 N–H and O–H groups in total. The van der Waals surface area contributed by atoms with Crippen LogP contribution >= 0.6 is 23.2 Å². The molecule has 0 aliphatic heterocycles. The first-order chi connectivity index (χ1) is 4.66. The predicted molar refractivity (Wildman–Crippen MR) is 48.3 cm³/mol. The average Bonchev–Trinajstić information content (AvgIpc) is 1.85. The van der Waals surface area contributed by atoms with Crippen molar-refractivity contribution in [1.82, 2.24) is 0 Å². The van der Waals surface area contributed by atoms with Crippen LogP contribution in [0.15, 0.2) is 16.1 Å². The van der Waals surface area contributed by atoms with Gasteiger partial charge in [-0.1, -0.05) is 11.6 Å². The van der Waals surface area contributed by atoms with Gasteiger partial charge in [-0.2, -0.15) is 0 Å². The van der Waals surface area contributed by atoms with Crippen LogP contribution in [-0.2, 0) is 0 Å². The van der Waals surface area contributed by atoms with E-state index in [0.29, 0.717) is 10.9 Å². The van der Waals surface area contributed by atoms with Crippen molar-refractivity contribution in [2.75, 3.05) is 5.88 Å². The Labute approximate surface area is 71.7 Å². The first-order valence-corrected chi connectivity index (χ1v) is 4.03. The van der Waals surface area contributed by atoms with Crippen molar-refractivity contribution in [2.45, 2.75) is 19.9 Å². The molecule has 10 heavy (non-hydrogen) atoms. The second kappa shape index (κ2) is 5.75. The lowest BCUT2D eigenvalue weighted by Gasteiger charge is -1.92. The van der Waals surface area contributed by atoms with Gasteiger partial charge in [0.1, 0.15) is 0 Å². The summed E-state index contributed by atoms with van der Waals surface area (Å²) in [6.45, 7) is 3.97. The lowest BCUT2D eigenvalue weighted by molar-refractivity contribution is 0.841. The normalized spacial score (nSPS) is 13.5. The van der Waals surface area contributed by atoms with Crippen LogP contribution in [0.25, 0.3) is 0 Å². The minimum Gasteiger partial charge on any atom is -0.289 e. The van der Waals surface area contributed by atoms with E-state index in [9.17, 15) is 0 Å². The Morgan fingerprint density at radius 2 is 2.20 bits per heavy atom. The van der Waals surface area contributed by atoms with E-state index in [4.69, 9.17) is 23.2 Å². The van der Waals surface area contributed by atoms with Crippen LogP contribution in [0.1, 0.15) is 13.8 Å². The fourth-order valence-electron chi connectivity index (χ4n) is 0.347. The molecule has 0 saturated heterocycles. The van der Waals surface area contributed by atoms with E-state index in [1.807, 2.05) is 13.8 Å². The third-order valence-corrected chi connectivity index (χ3v) is 1.17. The van der Waals surface area contributed by atoms with Gasteiger partial charge in [-0.25, -0.2) is 0 Å². The van der Waals surface area contributed by atoms with Gasteiger partial charge < -0.3 is 0 Å². The van der Waals surface area contributed by atoms with Gasteiger partial charge in [0, 0.05) is 18.1 Å². The zero-order valence-corrected chi connectivity index (χ0v) is 7.65. The summed E-state index contributed by atoms with van der Waals surface area (Å²) in [5, 5.41) is 0.601. The Bertz CT molecular complexity index is 139. The minimum absolute atomic E-state index is 0.289.